The predicted molar refractivity (Wildman–Crippen MR) is 76.3 cm³/mol. The average Bonchev–Trinajstić information content (AvgIpc) is 2.76. The SMILES string of the molecule is CCNC(c1cccc(Cl)c1F)c1sccc1Cl. The van der Waals surface area contributed by atoms with Gasteiger partial charge in [0.05, 0.1) is 16.1 Å². The van der Waals surface area contributed by atoms with Gasteiger partial charge in [-0.3, -0.25) is 0 Å². The fourth-order valence-electron chi connectivity index (χ4n) is 1.80. The topological polar surface area (TPSA) is 12.0 Å². The summed E-state index contributed by atoms with van der Waals surface area (Å²) in [5, 5.41) is 5.90. The van der Waals surface area contributed by atoms with Crippen molar-refractivity contribution in [1.82, 2.24) is 5.32 Å². The quantitative estimate of drug-likeness (QED) is 0.847. The zero-order valence-corrected chi connectivity index (χ0v) is 12.0. The first-order chi connectivity index (χ1) is 8.65. The summed E-state index contributed by atoms with van der Waals surface area (Å²) >= 11 is 13.5. The molecule has 0 radical (unpaired) electrons. The lowest BCUT2D eigenvalue weighted by Crippen LogP contribution is -2.22. The van der Waals surface area contributed by atoms with E-state index < -0.39 is 5.82 Å². The Morgan fingerprint density at radius 1 is 1.28 bits per heavy atom. The molecule has 2 aromatic rings. The average molecular weight is 304 g/mol. The molecule has 1 nitrogen and oxygen atoms in total. The normalized spacial score (nSPS) is 12.7. The van der Waals surface area contributed by atoms with Crippen molar-refractivity contribution < 1.29 is 4.39 Å². The van der Waals surface area contributed by atoms with Gasteiger partial charge < -0.3 is 5.32 Å². The molecular weight excluding hydrogens is 292 g/mol. The lowest BCUT2D eigenvalue weighted by atomic mass is 10.0. The van der Waals surface area contributed by atoms with Gasteiger partial charge in [-0.2, -0.15) is 0 Å². The van der Waals surface area contributed by atoms with Crippen LogP contribution < -0.4 is 5.32 Å². The fourth-order valence-corrected chi connectivity index (χ4v) is 3.24. The zero-order valence-electron chi connectivity index (χ0n) is 9.71. The van der Waals surface area contributed by atoms with Crippen molar-refractivity contribution >= 4 is 34.5 Å². The number of benzene rings is 1. The third-order valence-electron chi connectivity index (χ3n) is 2.61. The molecule has 5 heteroatoms. The molecule has 0 saturated heterocycles. The van der Waals surface area contributed by atoms with Crippen molar-refractivity contribution in [2.45, 2.75) is 13.0 Å². The second kappa shape index (κ2) is 6.02. The fraction of sp³-hybridized carbons (Fsp3) is 0.231. The molecule has 1 N–H and O–H groups in total. The smallest absolute Gasteiger partial charge is 0.146 e. The summed E-state index contributed by atoms with van der Waals surface area (Å²) in [5.74, 6) is -0.394. The van der Waals surface area contributed by atoms with Crippen LogP contribution in [0.5, 0.6) is 0 Å². The first-order valence-electron chi connectivity index (χ1n) is 5.55. The van der Waals surface area contributed by atoms with Gasteiger partial charge in [-0.25, -0.2) is 4.39 Å². The molecular formula is C13H12Cl2FNS. The zero-order chi connectivity index (χ0) is 13.1. The van der Waals surface area contributed by atoms with Crippen LogP contribution in [-0.4, -0.2) is 6.54 Å². The van der Waals surface area contributed by atoms with Gasteiger partial charge in [0, 0.05) is 10.4 Å². The van der Waals surface area contributed by atoms with E-state index in [1.54, 1.807) is 18.2 Å². The van der Waals surface area contributed by atoms with Crippen molar-refractivity contribution in [3.05, 3.63) is 55.9 Å². The molecule has 0 amide bonds. The second-order valence-electron chi connectivity index (χ2n) is 3.77. The van der Waals surface area contributed by atoms with E-state index in [0.717, 1.165) is 4.88 Å². The highest BCUT2D eigenvalue weighted by atomic mass is 35.5. The Hall–Kier alpha value is -0.610. The number of hydrogen-bond acceptors (Lipinski definition) is 2. The summed E-state index contributed by atoms with van der Waals surface area (Å²) in [6.45, 7) is 2.68. The summed E-state index contributed by atoms with van der Waals surface area (Å²) in [6.07, 6.45) is 0. The maximum Gasteiger partial charge on any atom is 0.146 e. The molecule has 18 heavy (non-hydrogen) atoms. The van der Waals surface area contributed by atoms with E-state index in [9.17, 15) is 4.39 Å². The van der Waals surface area contributed by atoms with Crippen LogP contribution in [0.1, 0.15) is 23.4 Å². The van der Waals surface area contributed by atoms with Gasteiger partial charge in [0.1, 0.15) is 5.82 Å². The third-order valence-corrected chi connectivity index (χ3v) is 4.32. The van der Waals surface area contributed by atoms with Gasteiger partial charge in [0.2, 0.25) is 0 Å². The first kappa shape index (κ1) is 13.8. The van der Waals surface area contributed by atoms with Crippen LogP contribution >= 0.6 is 34.5 Å². The van der Waals surface area contributed by atoms with Gasteiger partial charge in [-0.1, -0.05) is 42.3 Å². The Labute approximate surface area is 120 Å². The van der Waals surface area contributed by atoms with Gasteiger partial charge >= 0.3 is 0 Å². The van der Waals surface area contributed by atoms with Crippen molar-refractivity contribution in [3.63, 3.8) is 0 Å². The van der Waals surface area contributed by atoms with Gasteiger partial charge in [0.25, 0.3) is 0 Å². The highest BCUT2D eigenvalue weighted by molar-refractivity contribution is 7.10. The van der Waals surface area contributed by atoms with E-state index in [4.69, 9.17) is 23.2 Å². The van der Waals surface area contributed by atoms with Crippen molar-refractivity contribution in [1.29, 1.82) is 0 Å². The van der Waals surface area contributed by atoms with Crippen molar-refractivity contribution in [3.8, 4) is 0 Å². The van der Waals surface area contributed by atoms with E-state index in [2.05, 4.69) is 5.32 Å². The molecule has 0 aliphatic heterocycles. The van der Waals surface area contributed by atoms with Crippen LogP contribution in [0, 0.1) is 5.82 Å². The Balaban J connectivity index is 2.48. The van der Waals surface area contributed by atoms with E-state index in [1.165, 1.54) is 11.3 Å². The molecule has 96 valence electrons. The molecule has 2 rings (SSSR count). The number of thiophene rings is 1. The predicted octanol–water partition coefficient (Wildman–Crippen LogP) is 4.89. The number of nitrogens with one attached hydrogen (secondary N) is 1. The van der Waals surface area contributed by atoms with Crippen LogP contribution in [0.2, 0.25) is 10.0 Å². The monoisotopic (exact) mass is 303 g/mol. The summed E-state index contributed by atoms with van der Waals surface area (Å²) < 4.78 is 14.1. The minimum absolute atomic E-state index is 0.128. The van der Waals surface area contributed by atoms with Crippen LogP contribution in [0.25, 0.3) is 0 Å². The molecule has 0 spiro atoms. The Bertz CT molecular complexity index is 542. The van der Waals surface area contributed by atoms with E-state index in [0.29, 0.717) is 17.1 Å². The molecule has 1 aromatic heterocycles. The minimum atomic E-state index is -0.394. The Kier molecular flexibility index (Phi) is 4.62. The largest absolute Gasteiger partial charge is 0.306 e. The van der Waals surface area contributed by atoms with E-state index in [1.807, 2.05) is 18.4 Å². The molecule has 1 atom stereocenters. The minimum Gasteiger partial charge on any atom is -0.306 e. The lowest BCUT2D eigenvalue weighted by molar-refractivity contribution is 0.563. The molecule has 0 aliphatic carbocycles. The molecule has 0 aliphatic rings. The summed E-state index contributed by atoms with van der Waals surface area (Å²) in [7, 11) is 0. The summed E-state index contributed by atoms with van der Waals surface area (Å²) in [6, 6.07) is 6.56. The van der Waals surface area contributed by atoms with Gasteiger partial charge in [-0.05, 0) is 24.1 Å². The second-order valence-corrected chi connectivity index (χ2v) is 5.53. The molecule has 0 bridgehead atoms. The lowest BCUT2D eigenvalue weighted by Gasteiger charge is -2.18. The maximum absolute atomic E-state index is 14.1. The van der Waals surface area contributed by atoms with Crippen molar-refractivity contribution in [2.24, 2.45) is 0 Å². The van der Waals surface area contributed by atoms with Gasteiger partial charge in [-0.15, -0.1) is 11.3 Å². The third kappa shape index (κ3) is 2.69. The molecule has 1 unspecified atom stereocenters. The van der Waals surface area contributed by atoms with Gasteiger partial charge in [0.15, 0.2) is 0 Å². The number of rotatable bonds is 4. The molecule has 1 heterocycles. The molecule has 1 aromatic carbocycles. The number of hydrogen-bond donors (Lipinski definition) is 1. The highest BCUT2D eigenvalue weighted by Gasteiger charge is 2.21. The van der Waals surface area contributed by atoms with E-state index >= 15 is 0 Å². The van der Waals surface area contributed by atoms with Crippen LogP contribution in [-0.2, 0) is 0 Å². The Morgan fingerprint density at radius 3 is 2.67 bits per heavy atom. The van der Waals surface area contributed by atoms with E-state index in [-0.39, 0.29) is 11.1 Å². The summed E-state index contributed by atoms with van der Waals surface area (Å²) in [5.41, 5.74) is 0.522. The molecule has 0 fully saturated rings. The standard InChI is InChI=1S/C13H12Cl2FNS/c1-2-17-12(13-10(15)6-7-18-13)8-4-3-5-9(14)11(8)16/h3-7,12,17H,2H2,1H3. The van der Waals surface area contributed by atoms with Crippen LogP contribution in [0.4, 0.5) is 4.39 Å². The summed E-state index contributed by atoms with van der Waals surface area (Å²) in [4.78, 5) is 0.902. The molecule has 0 saturated carbocycles. The highest BCUT2D eigenvalue weighted by Crippen LogP contribution is 2.35. The number of halogens is 3. The first-order valence-corrected chi connectivity index (χ1v) is 7.19. The van der Waals surface area contributed by atoms with Crippen LogP contribution in [0.3, 0.4) is 0 Å². The van der Waals surface area contributed by atoms with Crippen molar-refractivity contribution in [2.75, 3.05) is 6.54 Å². The Morgan fingerprint density at radius 2 is 2.06 bits per heavy atom. The maximum atomic E-state index is 14.1. The van der Waals surface area contributed by atoms with Crippen LogP contribution in [0.15, 0.2) is 29.6 Å².